The largest absolute Gasteiger partial charge is 0.461 e. The van der Waals surface area contributed by atoms with Gasteiger partial charge in [0.1, 0.15) is 13.0 Å². The number of ether oxygens (including phenoxy) is 1. The Bertz CT molecular complexity index is 1810. The van der Waals surface area contributed by atoms with Crippen LogP contribution in [0.5, 0.6) is 0 Å². The summed E-state index contributed by atoms with van der Waals surface area (Å²) in [6.07, 6.45) is 4.81. The molecule has 0 saturated carbocycles. The lowest BCUT2D eigenvalue weighted by Gasteiger charge is -2.36. The van der Waals surface area contributed by atoms with Crippen LogP contribution >= 0.6 is 0 Å². The van der Waals surface area contributed by atoms with Gasteiger partial charge in [-0.25, -0.2) is 19.3 Å². The van der Waals surface area contributed by atoms with Crippen molar-refractivity contribution in [3.63, 3.8) is 0 Å². The summed E-state index contributed by atoms with van der Waals surface area (Å²) in [5.41, 5.74) is 3.08. The molecule has 4 aromatic rings. The van der Waals surface area contributed by atoms with Crippen molar-refractivity contribution in [1.29, 1.82) is 5.26 Å². The van der Waals surface area contributed by atoms with Crippen molar-refractivity contribution in [3.05, 3.63) is 71.8 Å². The Kier molecular flexibility index (Phi) is 10.6. The number of esters is 1. The minimum absolute atomic E-state index is 0.0811. The number of anilines is 2. The molecular formula is C35H41FN10O3. The highest BCUT2D eigenvalue weighted by molar-refractivity contribution is 5.89. The molecule has 256 valence electrons. The van der Waals surface area contributed by atoms with E-state index in [1.807, 2.05) is 66.5 Å². The Balaban J connectivity index is 1.17. The summed E-state index contributed by atoms with van der Waals surface area (Å²) in [4.78, 5) is 42.1. The van der Waals surface area contributed by atoms with Gasteiger partial charge in [-0.05, 0) is 56.8 Å². The van der Waals surface area contributed by atoms with Crippen LogP contribution in [0.15, 0.2) is 54.9 Å². The molecular weight excluding hydrogens is 627 g/mol. The number of likely N-dealkylation sites (tertiary alicyclic amines) is 1. The van der Waals surface area contributed by atoms with E-state index in [1.165, 1.54) is 0 Å². The quantitative estimate of drug-likeness (QED) is 0.236. The number of hydrogen-bond acceptors (Lipinski definition) is 11. The number of pyridine rings is 1. The molecule has 13 nitrogen and oxygen atoms in total. The zero-order valence-corrected chi connectivity index (χ0v) is 27.9. The molecule has 0 aliphatic carbocycles. The summed E-state index contributed by atoms with van der Waals surface area (Å²) in [5.74, 6) is -0.444. The molecule has 0 bridgehead atoms. The fourth-order valence-electron chi connectivity index (χ4n) is 6.19. The van der Waals surface area contributed by atoms with Gasteiger partial charge in [-0.3, -0.25) is 9.69 Å². The van der Waals surface area contributed by atoms with Crippen LogP contribution in [0.3, 0.4) is 0 Å². The van der Waals surface area contributed by atoms with Crippen LogP contribution in [0.4, 0.5) is 16.0 Å². The maximum atomic E-state index is 16.4. The average Bonchev–Trinajstić information content (AvgIpc) is 3.54. The first-order chi connectivity index (χ1) is 23.8. The topological polar surface area (TPSA) is 135 Å². The molecule has 3 aromatic heterocycles. The number of piperidine rings is 1. The number of hydrogen-bond donors (Lipinski definition) is 1. The van der Waals surface area contributed by atoms with E-state index in [9.17, 15) is 9.59 Å². The van der Waals surface area contributed by atoms with Crippen LogP contribution in [0, 0.1) is 17.1 Å². The Labute approximate surface area is 284 Å². The molecule has 2 aliphatic heterocycles. The summed E-state index contributed by atoms with van der Waals surface area (Å²) < 4.78 is 23.4. The van der Waals surface area contributed by atoms with E-state index in [0.29, 0.717) is 75.9 Å². The molecule has 1 aromatic carbocycles. The van der Waals surface area contributed by atoms with Gasteiger partial charge in [0.05, 0.1) is 28.9 Å². The van der Waals surface area contributed by atoms with E-state index in [0.717, 1.165) is 23.9 Å². The van der Waals surface area contributed by atoms with Crippen LogP contribution in [0.25, 0.3) is 16.9 Å². The zero-order chi connectivity index (χ0) is 34.3. The SMILES string of the molecule is CN(C)CCOC(=O)c1ccc(CN2CCN(c3nc(-c4cnn5ccccc45)nc(N[C@@H]4CCCN(C(=O)CC#N)C4)c3F)CC2)cc1. The Morgan fingerprint density at radius 1 is 1.08 bits per heavy atom. The van der Waals surface area contributed by atoms with Gasteiger partial charge in [-0.15, -0.1) is 0 Å². The van der Waals surface area contributed by atoms with Gasteiger partial charge in [0.25, 0.3) is 0 Å². The molecule has 0 spiro atoms. The molecule has 5 heterocycles. The maximum absolute atomic E-state index is 16.4. The van der Waals surface area contributed by atoms with Gasteiger partial charge < -0.3 is 24.8 Å². The lowest BCUT2D eigenvalue weighted by molar-refractivity contribution is -0.131. The molecule has 0 radical (unpaired) electrons. The zero-order valence-electron chi connectivity index (χ0n) is 27.9. The van der Waals surface area contributed by atoms with Crippen molar-refractivity contribution in [2.24, 2.45) is 0 Å². The molecule has 2 aliphatic rings. The summed E-state index contributed by atoms with van der Waals surface area (Å²) in [6.45, 7) is 5.11. The monoisotopic (exact) mass is 668 g/mol. The highest BCUT2D eigenvalue weighted by Gasteiger charge is 2.29. The normalized spacial score (nSPS) is 16.9. The number of halogens is 1. The summed E-state index contributed by atoms with van der Waals surface area (Å²) in [6, 6.07) is 14.9. The second-order valence-corrected chi connectivity index (χ2v) is 12.7. The van der Waals surface area contributed by atoms with E-state index in [4.69, 9.17) is 15.0 Å². The third-order valence-electron chi connectivity index (χ3n) is 8.89. The van der Waals surface area contributed by atoms with E-state index >= 15 is 4.39 Å². The highest BCUT2D eigenvalue weighted by atomic mass is 19.1. The minimum atomic E-state index is -0.540. The second-order valence-electron chi connectivity index (χ2n) is 12.7. The van der Waals surface area contributed by atoms with Crippen LogP contribution in [-0.4, -0.2) is 119 Å². The van der Waals surface area contributed by atoms with Gasteiger partial charge in [0.15, 0.2) is 17.5 Å². The number of nitrogens with one attached hydrogen (secondary N) is 1. The molecule has 6 rings (SSSR count). The fraction of sp³-hybridized carbons (Fsp3) is 0.429. The minimum Gasteiger partial charge on any atom is -0.461 e. The van der Waals surface area contributed by atoms with Crippen LogP contribution in [-0.2, 0) is 16.1 Å². The average molecular weight is 669 g/mol. The van der Waals surface area contributed by atoms with Gasteiger partial charge in [-0.2, -0.15) is 14.8 Å². The second kappa shape index (κ2) is 15.4. The Hall–Kier alpha value is -5.13. The van der Waals surface area contributed by atoms with E-state index < -0.39 is 5.82 Å². The number of likely N-dealkylation sites (N-methyl/N-ethyl adjacent to an activating group) is 1. The van der Waals surface area contributed by atoms with Gasteiger partial charge in [0.2, 0.25) is 11.7 Å². The number of benzene rings is 1. The predicted molar refractivity (Wildman–Crippen MR) is 182 cm³/mol. The smallest absolute Gasteiger partial charge is 0.338 e. The standard InChI is InChI=1S/C35H41FN10O3/c1-42(2)20-21-49-35(48)26-10-8-25(9-11-26)23-43-16-18-44(19-17-43)34-31(36)33(39-27-6-5-14-45(24-27)30(47)12-13-37)40-32(41-34)28-22-38-46-15-4-3-7-29(28)46/h3-4,7-11,15,22,27H,5-6,12,14,16-21,23-24H2,1-2H3,(H,39,40,41)/t27-/m1/s1. The predicted octanol–water partition coefficient (Wildman–Crippen LogP) is 3.29. The molecule has 1 N–H and O–H groups in total. The van der Waals surface area contributed by atoms with Crippen molar-refractivity contribution in [2.45, 2.75) is 31.8 Å². The molecule has 2 saturated heterocycles. The fourth-order valence-corrected chi connectivity index (χ4v) is 6.19. The van der Waals surface area contributed by atoms with Crippen molar-refractivity contribution < 1.29 is 18.7 Å². The van der Waals surface area contributed by atoms with Gasteiger partial charge in [0, 0.05) is 64.6 Å². The number of carbonyl (C=O) groups is 2. The number of carbonyl (C=O) groups excluding carboxylic acids is 2. The van der Waals surface area contributed by atoms with Crippen molar-refractivity contribution in [3.8, 4) is 17.5 Å². The van der Waals surface area contributed by atoms with Crippen molar-refractivity contribution in [1.82, 2.24) is 34.3 Å². The number of amides is 1. The van der Waals surface area contributed by atoms with Crippen molar-refractivity contribution in [2.75, 3.05) is 76.7 Å². The van der Waals surface area contributed by atoms with Crippen LogP contribution in [0.2, 0.25) is 0 Å². The van der Waals surface area contributed by atoms with E-state index in [2.05, 4.69) is 20.3 Å². The van der Waals surface area contributed by atoms with E-state index in [1.54, 1.807) is 27.7 Å². The summed E-state index contributed by atoms with van der Waals surface area (Å²) in [5, 5.41) is 16.7. The lowest BCUT2D eigenvalue weighted by Crippen LogP contribution is -2.47. The summed E-state index contributed by atoms with van der Waals surface area (Å²) in [7, 11) is 3.86. The molecule has 14 heteroatoms. The van der Waals surface area contributed by atoms with Crippen molar-refractivity contribution >= 4 is 29.0 Å². The number of piperazine rings is 1. The first-order valence-corrected chi connectivity index (χ1v) is 16.6. The third kappa shape index (κ3) is 8.13. The number of aromatic nitrogens is 4. The number of nitriles is 1. The number of rotatable bonds is 11. The van der Waals surface area contributed by atoms with Crippen LogP contribution in [0.1, 0.15) is 35.2 Å². The number of fused-ring (bicyclic) bond motifs is 1. The molecule has 49 heavy (non-hydrogen) atoms. The Morgan fingerprint density at radius 3 is 2.63 bits per heavy atom. The number of nitrogens with zero attached hydrogens (tertiary/aromatic N) is 9. The first kappa shape index (κ1) is 33.8. The van der Waals surface area contributed by atoms with Gasteiger partial charge in [-0.1, -0.05) is 18.2 Å². The van der Waals surface area contributed by atoms with Crippen LogP contribution < -0.4 is 10.2 Å². The lowest BCUT2D eigenvalue weighted by atomic mass is 10.1. The first-order valence-electron chi connectivity index (χ1n) is 16.6. The maximum Gasteiger partial charge on any atom is 0.338 e. The summed E-state index contributed by atoms with van der Waals surface area (Å²) >= 11 is 0. The molecule has 1 atom stereocenters. The third-order valence-corrected chi connectivity index (χ3v) is 8.89. The molecule has 1 amide bonds. The molecule has 0 unspecified atom stereocenters. The van der Waals surface area contributed by atoms with E-state index in [-0.39, 0.29) is 36.0 Å². The van der Waals surface area contributed by atoms with Gasteiger partial charge >= 0.3 is 5.97 Å². The molecule has 2 fully saturated rings. The Morgan fingerprint density at radius 2 is 1.88 bits per heavy atom. The highest BCUT2D eigenvalue weighted by Crippen LogP contribution is 2.31.